The molecule has 0 atom stereocenters. The maximum atomic E-state index is 11.7. The first-order valence-corrected chi connectivity index (χ1v) is 13.1. The van der Waals surface area contributed by atoms with Crippen LogP contribution in [0, 0.1) is 0 Å². The number of aromatic nitrogens is 4. The zero-order chi connectivity index (χ0) is 25.9. The van der Waals surface area contributed by atoms with Crippen LogP contribution in [0.2, 0.25) is 0 Å². The van der Waals surface area contributed by atoms with E-state index in [4.69, 9.17) is 10.1 Å². The first kappa shape index (κ1) is 24.3. The van der Waals surface area contributed by atoms with Gasteiger partial charge in [0.05, 0.1) is 6.33 Å². The highest BCUT2D eigenvalue weighted by molar-refractivity contribution is 5.96. The molecule has 0 unspecified atom stereocenters. The molecule has 6 rings (SSSR count). The van der Waals surface area contributed by atoms with Gasteiger partial charge in [-0.2, -0.15) is 0 Å². The van der Waals surface area contributed by atoms with Crippen molar-refractivity contribution in [1.29, 1.82) is 0 Å². The summed E-state index contributed by atoms with van der Waals surface area (Å²) in [5, 5.41) is 10.2. The predicted molar refractivity (Wildman–Crippen MR) is 148 cm³/mol. The smallest absolute Gasteiger partial charge is 0.188 e. The molecule has 2 aromatic carbocycles. The number of nitrogens with zero attached hydrogens (tertiary/aromatic N) is 5. The SMILES string of the molecule is O=C(CO)c1ccc(Cn2ccc3cc(C4CCN(Cc5ccc(-n6ccnc6)cc5)CC4)cnc32)cc1. The molecule has 38 heavy (non-hydrogen) atoms. The molecule has 7 heteroatoms. The van der Waals surface area contributed by atoms with Crippen molar-refractivity contribution in [3.8, 4) is 5.69 Å². The van der Waals surface area contributed by atoms with Crippen LogP contribution in [0.15, 0.2) is 91.8 Å². The number of benzene rings is 2. The fraction of sp³-hybridized carbons (Fsp3) is 0.258. The maximum Gasteiger partial charge on any atom is 0.188 e. The minimum atomic E-state index is -0.464. The van der Waals surface area contributed by atoms with E-state index in [2.05, 4.69) is 63.2 Å². The molecule has 0 radical (unpaired) electrons. The Kier molecular flexibility index (Phi) is 6.86. The van der Waals surface area contributed by atoms with Gasteiger partial charge in [-0.15, -0.1) is 0 Å². The van der Waals surface area contributed by atoms with Crippen molar-refractivity contribution in [3.05, 3.63) is 114 Å². The van der Waals surface area contributed by atoms with Crippen LogP contribution in [0.3, 0.4) is 0 Å². The average molecular weight is 506 g/mol. The number of ketones is 1. The molecular weight excluding hydrogens is 474 g/mol. The summed E-state index contributed by atoms with van der Waals surface area (Å²) in [6.07, 6.45) is 12.0. The Balaban J connectivity index is 1.06. The van der Waals surface area contributed by atoms with E-state index in [1.165, 1.54) is 11.1 Å². The number of Topliss-reactive ketones (excluding diaryl/α,β-unsaturated/α-hetero) is 1. The largest absolute Gasteiger partial charge is 0.388 e. The molecule has 0 saturated carbocycles. The first-order valence-electron chi connectivity index (χ1n) is 13.1. The molecule has 0 amide bonds. The second kappa shape index (κ2) is 10.7. The minimum absolute atomic E-state index is 0.261. The van der Waals surface area contributed by atoms with E-state index in [0.717, 1.165) is 54.8 Å². The Hall–Kier alpha value is -4.07. The Labute approximate surface area is 222 Å². The normalized spacial score (nSPS) is 14.8. The summed E-state index contributed by atoms with van der Waals surface area (Å²) >= 11 is 0. The third-order valence-electron chi connectivity index (χ3n) is 7.60. The number of likely N-dealkylation sites (tertiary alicyclic amines) is 1. The van der Waals surface area contributed by atoms with Crippen LogP contribution in [-0.4, -0.2) is 54.6 Å². The lowest BCUT2D eigenvalue weighted by Gasteiger charge is -2.32. The predicted octanol–water partition coefficient (Wildman–Crippen LogP) is 4.82. The summed E-state index contributed by atoms with van der Waals surface area (Å²) in [6, 6.07) is 20.6. The fourth-order valence-corrected chi connectivity index (χ4v) is 5.40. The number of imidazole rings is 1. The molecular formula is C31H31N5O2. The third-order valence-corrected chi connectivity index (χ3v) is 7.60. The summed E-state index contributed by atoms with van der Waals surface area (Å²) in [4.78, 5) is 23.2. The van der Waals surface area contributed by atoms with Gasteiger partial charge in [-0.3, -0.25) is 9.69 Å². The number of aliphatic hydroxyl groups excluding tert-OH is 1. The molecule has 192 valence electrons. The van der Waals surface area contributed by atoms with Crippen molar-refractivity contribution < 1.29 is 9.90 Å². The van der Waals surface area contributed by atoms with Gasteiger partial charge in [0.2, 0.25) is 0 Å². The lowest BCUT2D eigenvalue weighted by atomic mass is 9.90. The molecule has 7 nitrogen and oxygen atoms in total. The van der Waals surface area contributed by atoms with Crippen LogP contribution in [0.4, 0.5) is 0 Å². The highest BCUT2D eigenvalue weighted by Gasteiger charge is 2.21. The van der Waals surface area contributed by atoms with E-state index in [1.807, 2.05) is 29.2 Å². The third kappa shape index (κ3) is 5.16. The van der Waals surface area contributed by atoms with Gasteiger partial charge >= 0.3 is 0 Å². The number of rotatable bonds is 8. The standard InChI is InChI=1S/C31H31N5O2/c37-21-30(38)26-5-1-24(2-6-26)20-35-15-11-27-17-28(18-33-31(27)35)25-9-13-34(14-10-25)19-23-3-7-29(8-4-23)36-16-12-32-22-36/h1-8,11-12,15-18,22,25,37H,9-10,13-14,19-21H2. The van der Waals surface area contributed by atoms with Crippen molar-refractivity contribution in [3.63, 3.8) is 0 Å². The van der Waals surface area contributed by atoms with Gasteiger partial charge in [-0.25, -0.2) is 9.97 Å². The number of hydrogen-bond acceptors (Lipinski definition) is 5. The molecule has 0 bridgehead atoms. The fourth-order valence-electron chi connectivity index (χ4n) is 5.40. The summed E-state index contributed by atoms with van der Waals surface area (Å²) in [6.45, 7) is 3.37. The van der Waals surface area contributed by atoms with Crippen molar-refractivity contribution >= 4 is 16.8 Å². The van der Waals surface area contributed by atoms with Gasteiger partial charge in [-0.1, -0.05) is 36.4 Å². The highest BCUT2D eigenvalue weighted by atomic mass is 16.3. The van der Waals surface area contributed by atoms with Gasteiger partial charge in [-0.05, 0) is 72.8 Å². The molecule has 0 aliphatic carbocycles. The van der Waals surface area contributed by atoms with E-state index in [-0.39, 0.29) is 5.78 Å². The Morgan fingerprint density at radius 2 is 1.66 bits per heavy atom. The van der Waals surface area contributed by atoms with Crippen LogP contribution in [0.5, 0.6) is 0 Å². The number of hydrogen-bond donors (Lipinski definition) is 1. The lowest BCUT2D eigenvalue weighted by molar-refractivity contribution is 0.0903. The van der Waals surface area contributed by atoms with Crippen molar-refractivity contribution in [2.75, 3.05) is 19.7 Å². The number of piperidine rings is 1. The first-order chi connectivity index (χ1) is 18.7. The van der Waals surface area contributed by atoms with Crippen LogP contribution in [0.25, 0.3) is 16.7 Å². The van der Waals surface area contributed by atoms with Gasteiger partial charge in [0.25, 0.3) is 0 Å². The molecule has 1 aliphatic rings. The second-order valence-corrected chi connectivity index (χ2v) is 10.1. The Bertz CT molecular complexity index is 1510. The van der Waals surface area contributed by atoms with E-state index in [1.54, 1.807) is 18.3 Å². The van der Waals surface area contributed by atoms with Gasteiger partial charge < -0.3 is 14.2 Å². The number of fused-ring (bicyclic) bond motifs is 1. The van der Waals surface area contributed by atoms with Crippen LogP contribution in [-0.2, 0) is 13.1 Å². The minimum Gasteiger partial charge on any atom is -0.388 e. The summed E-state index contributed by atoms with van der Waals surface area (Å²) in [5.41, 5.74) is 6.39. The zero-order valence-electron chi connectivity index (χ0n) is 21.3. The molecule has 4 heterocycles. The summed E-state index contributed by atoms with van der Waals surface area (Å²) in [5.74, 6) is 0.273. The quantitative estimate of drug-likeness (QED) is 0.306. The Morgan fingerprint density at radius 1 is 0.921 bits per heavy atom. The summed E-state index contributed by atoms with van der Waals surface area (Å²) < 4.78 is 4.16. The molecule has 1 N–H and O–H groups in total. The molecule has 1 aliphatic heterocycles. The number of pyridine rings is 1. The van der Waals surface area contributed by atoms with E-state index >= 15 is 0 Å². The molecule has 0 spiro atoms. The monoisotopic (exact) mass is 505 g/mol. The van der Waals surface area contributed by atoms with E-state index in [0.29, 0.717) is 18.0 Å². The molecule has 1 fully saturated rings. The van der Waals surface area contributed by atoms with Gasteiger partial charge in [0.1, 0.15) is 12.3 Å². The average Bonchev–Trinajstić information content (AvgIpc) is 3.64. The van der Waals surface area contributed by atoms with E-state index in [9.17, 15) is 4.79 Å². The number of aliphatic hydroxyl groups is 1. The molecule has 5 aromatic rings. The molecule has 1 saturated heterocycles. The zero-order valence-corrected chi connectivity index (χ0v) is 21.3. The lowest BCUT2D eigenvalue weighted by Crippen LogP contribution is -2.32. The topological polar surface area (TPSA) is 76.2 Å². The summed E-state index contributed by atoms with van der Waals surface area (Å²) in [7, 11) is 0. The van der Waals surface area contributed by atoms with Crippen LogP contribution < -0.4 is 0 Å². The van der Waals surface area contributed by atoms with Crippen LogP contribution in [0.1, 0.15) is 45.8 Å². The van der Waals surface area contributed by atoms with Crippen molar-refractivity contribution in [1.82, 2.24) is 24.0 Å². The second-order valence-electron chi connectivity index (χ2n) is 10.1. The highest BCUT2D eigenvalue weighted by Crippen LogP contribution is 2.30. The number of carbonyl (C=O) groups excluding carboxylic acids is 1. The van der Waals surface area contributed by atoms with E-state index < -0.39 is 6.61 Å². The maximum absolute atomic E-state index is 11.7. The van der Waals surface area contributed by atoms with Crippen LogP contribution >= 0.6 is 0 Å². The molecule has 3 aromatic heterocycles. The van der Waals surface area contributed by atoms with Crippen molar-refractivity contribution in [2.24, 2.45) is 0 Å². The van der Waals surface area contributed by atoms with Crippen molar-refractivity contribution in [2.45, 2.75) is 31.8 Å². The van der Waals surface area contributed by atoms with Gasteiger partial charge in [0, 0.05) is 54.5 Å². The van der Waals surface area contributed by atoms with Gasteiger partial charge in [0.15, 0.2) is 5.78 Å². The number of carbonyl (C=O) groups is 1. The Morgan fingerprint density at radius 3 is 2.37 bits per heavy atom.